The average molecular weight is 306 g/mol. The molecule has 0 saturated carbocycles. The molecule has 1 amide bonds. The van der Waals surface area contributed by atoms with Crippen molar-refractivity contribution in [2.75, 3.05) is 26.2 Å². The van der Waals surface area contributed by atoms with Crippen LogP contribution in [0.3, 0.4) is 0 Å². The van der Waals surface area contributed by atoms with E-state index >= 15 is 0 Å². The van der Waals surface area contributed by atoms with Crippen LogP contribution in [0.25, 0.3) is 0 Å². The van der Waals surface area contributed by atoms with E-state index in [1.807, 2.05) is 4.90 Å². The summed E-state index contributed by atoms with van der Waals surface area (Å²) in [5.74, 6) is 2.12. The quantitative estimate of drug-likeness (QED) is 0.835. The Morgan fingerprint density at radius 1 is 1.23 bits per heavy atom. The maximum Gasteiger partial charge on any atom is 0.244 e. The number of carbonyl (C=O) groups excluding carboxylic acids is 1. The Labute approximate surface area is 131 Å². The molecule has 22 heavy (non-hydrogen) atoms. The lowest BCUT2D eigenvalue weighted by atomic mass is 10.0. The van der Waals surface area contributed by atoms with Crippen LogP contribution in [0.5, 0.6) is 0 Å². The van der Waals surface area contributed by atoms with Crippen molar-refractivity contribution in [3.63, 3.8) is 0 Å². The van der Waals surface area contributed by atoms with Crippen LogP contribution in [0.2, 0.25) is 0 Å². The second-order valence-corrected chi connectivity index (χ2v) is 6.68. The molecule has 2 saturated heterocycles. The van der Waals surface area contributed by atoms with E-state index in [4.69, 9.17) is 4.52 Å². The van der Waals surface area contributed by atoms with Gasteiger partial charge in [-0.05, 0) is 25.8 Å². The SMILES string of the molecule is CC(C)c1noc(C2CCCCN2CCN2CCCC2=O)n1. The molecule has 3 heterocycles. The fourth-order valence-electron chi connectivity index (χ4n) is 3.35. The summed E-state index contributed by atoms with van der Waals surface area (Å²) in [6, 6.07) is 0.214. The lowest BCUT2D eigenvalue weighted by molar-refractivity contribution is -0.128. The minimum atomic E-state index is 0.214. The molecule has 1 aromatic rings. The molecule has 2 fully saturated rings. The van der Waals surface area contributed by atoms with Gasteiger partial charge in [0.05, 0.1) is 6.04 Å². The van der Waals surface area contributed by atoms with Crippen LogP contribution >= 0.6 is 0 Å². The van der Waals surface area contributed by atoms with Gasteiger partial charge < -0.3 is 9.42 Å². The van der Waals surface area contributed by atoms with Crippen LogP contribution in [0, 0.1) is 0 Å². The molecule has 122 valence electrons. The molecule has 2 aliphatic rings. The second kappa shape index (κ2) is 6.77. The maximum absolute atomic E-state index is 11.7. The summed E-state index contributed by atoms with van der Waals surface area (Å²) < 4.78 is 5.51. The van der Waals surface area contributed by atoms with Crippen molar-refractivity contribution in [3.05, 3.63) is 11.7 Å². The minimum Gasteiger partial charge on any atom is -0.341 e. The maximum atomic E-state index is 11.7. The van der Waals surface area contributed by atoms with Crippen molar-refractivity contribution >= 4 is 5.91 Å². The molecular formula is C16H26N4O2. The molecule has 1 unspecified atom stereocenters. The fourth-order valence-corrected chi connectivity index (χ4v) is 3.35. The average Bonchev–Trinajstić information content (AvgIpc) is 3.14. The van der Waals surface area contributed by atoms with E-state index in [0.29, 0.717) is 12.3 Å². The molecule has 0 N–H and O–H groups in total. The molecule has 6 nitrogen and oxygen atoms in total. The monoisotopic (exact) mass is 306 g/mol. The molecule has 0 bridgehead atoms. The Morgan fingerprint density at radius 3 is 2.77 bits per heavy atom. The second-order valence-electron chi connectivity index (χ2n) is 6.68. The van der Waals surface area contributed by atoms with Crippen LogP contribution in [0.4, 0.5) is 0 Å². The highest BCUT2D eigenvalue weighted by molar-refractivity contribution is 5.78. The van der Waals surface area contributed by atoms with Crippen LogP contribution in [0.1, 0.15) is 69.6 Å². The van der Waals surface area contributed by atoms with Crippen molar-refractivity contribution in [2.24, 2.45) is 0 Å². The van der Waals surface area contributed by atoms with Crippen molar-refractivity contribution in [2.45, 2.75) is 57.9 Å². The van der Waals surface area contributed by atoms with E-state index in [1.165, 1.54) is 12.8 Å². The normalized spacial score (nSPS) is 23.7. The number of piperidine rings is 1. The lowest BCUT2D eigenvalue weighted by Gasteiger charge is -2.34. The van der Waals surface area contributed by atoms with Gasteiger partial charge in [-0.15, -0.1) is 0 Å². The van der Waals surface area contributed by atoms with Crippen molar-refractivity contribution in [3.8, 4) is 0 Å². The summed E-state index contributed by atoms with van der Waals surface area (Å²) in [7, 11) is 0. The Kier molecular flexibility index (Phi) is 4.76. The third kappa shape index (κ3) is 3.32. The first-order valence-corrected chi connectivity index (χ1v) is 8.50. The van der Waals surface area contributed by atoms with Gasteiger partial charge in [-0.25, -0.2) is 0 Å². The van der Waals surface area contributed by atoms with E-state index in [1.54, 1.807) is 0 Å². The highest BCUT2D eigenvalue weighted by Gasteiger charge is 2.30. The molecule has 0 radical (unpaired) electrons. The molecule has 0 aliphatic carbocycles. The van der Waals surface area contributed by atoms with E-state index in [-0.39, 0.29) is 12.0 Å². The predicted molar refractivity (Wildman–Crippen MR) is 82.4 cm³/mol. The molecule has 1 atom stereocenters. The van der Waals surface area contributed by atoms with Crippen molar-refractivity contribution in [1.82, 2.24) is 19.9 Å². The molecule has 3 rings (SSSR count). The standard InChI is InChI=1S/C16H26N4O2/c1-12(2)15-17-16(22-18-15)13-6-3-4-8-19(13)10-11-20-9-5-7-14(20)21/h12-13H,3-11H2,1-2H3. The van der Waals surface area contributed by atoms with Crippen molar-refractivity contribution in [1.29, 1.82) is 0 Å². The van der Waals surface area contributed by atoms with E-state index in [0.717, 1.165) is 50.7 Å². The van der Waals surface area contributed by atoms with Crippen molar-refractivity contribution < 1.29 is 9.32 Å². The van der Waals surface area contributed by atoms with Gasteiger partial charge in [0.1, 0.15) is 0 Å². The van der Waals surface area contributed by atoms with Gasteiger partial charge in [-0.3, -0.25) is 9.69 Å². The first-order chi connectivity index (χ1) is 10.6. The molecule has 1 aromatic heterocycles. The highest BCUT2D eigenvalue weighted by Crippen LogP contribution is 2.30. The molecule has 0 spiro atoms. The molecule has 2 aliphatic heterocycles. The Bertz CT molecular complexity index is 514. The summed E-state index contributed by atoms with van der Waals surface area (Å²) in [5, 5.41) is 4.10. The van der Waals surface area contributed by atoms with E-state index in [2.05, 4.69) is 28.9 Å². The molecular weight excluding hydrogens is 280 g/mol. The van der Waals surface area contributed by atoms with Gasteiger partial charge >= 0.3 is 0 Å². The summed E-state index contributed by atoms with van der Waals surface area (Å²) in [6.07, 6.45) is 5.18. The summed E-state index contributed by atoms with van der Waals surface area (Å²) in [4.78, 5) is 20.7. The van der Waals surface area contributed by atoms with Gasteiger partial charge in [0, 0.05) is 32.0 Å². The van der Waals surface area contributed by atoms with Crippen LogP contribution in [-0.2, 0) is 4.79 Å². The number of rotatable bonds is 5. The van der Waals surface area contributed by atoms with Crippen LogP contribution in [-0.4, -0.2) is 52.0 Å². The third-order valence-corrected chi connectivity index (χ3v) is 4.70. The summed E-state index contributed by atoms with van der Waals surface area (Å²) in [5.41, 5.74) is 0. The zero-order chi connectivity index (χ0) is 15.5. The number of aromatic nitrogens is 2. The number of hydrogen-bond donors (Lipinski definition) is 0. The Balaban J connectivity index is 1.63. The molecule has 0 aromatic carbocycles. The zero-order valence-corrected chi connectivity index (χ0v) is 13.6. The van der Waals surface area contributed by atoms with Gasteiger partial charge in [0.15, 0.2) is 5.82 Å². The smallest absolute Gasteiger partial charge is 0.244 e. The van der Waals surface area contributed by atoms with Crippen LogP contribution < -0.4 is 0 Å². The summed E-state index contributed by atoms with van der Waals surface area (Å²) >= 11 is 0. The topological polar surface area (TPSA) is 62.5 Å². The zero-order valence-electron chi connectivity index (χ0n) is 13.6. The number of carbonyl (C=O) groups is 1. The van der Waals surface area contributed by atoms with Gasteiger partial charge in [-0.1, -0.05) is 25.4 Å². The predicted octanol–water partition coefficient (Wildman–Crippen LogP) is 2.34. The Hall–Kier alpha value is -1.43. The van der Waals surface area contributed by atoms with Gasteiger partial charge in [-0.2, -0.15) is 4.98 Å². The molecule has 6 heteroatoms. The lowest BCUT2D eigenvalue weighted by Crippen LogP contribution is -2.40. The van der Waals surface area contributed by atoms with Gasteiger partial charge in [0.2, 0.25) is 11.8 Å². The van der Waals surface area contributed by atoms with Crippen LogP contribution in [0.15, 0.2) is 4.52 Å². The summed E-state index contributed by atoms with van der Waals surface area (Å²) in [6.45, 7) is 7.83. The largest absolute Gasteiger partial charge is 0.341 e. The number of likely N-dealkylation sites (tertiary alicyclic amines) is 2. The fraction of sp³-hybridized carbons (Fsp3) is 0.812. The van der Waals surface area contributed by atoms with Gasteiger partial charge in [0.25, 0.3) is 0 Å². The number of hydrogen-bond acceptors (Lipinski definition) is 5. The Morgan fingerprint density at radius 2 is 2.09 bits per heavy atom. The highest BCUT2D eigenvalue weighted by atomic mass is 16.5. The number of amides is 1. The number of nitrogens with zero attached hydrogens (tertiary/aromatic N) is 4. The van der Waals surface area contributed by atoms with E-state index in [9.17, 15) is 4.79 Å². The van der Waals surface area contributed by atoms with E-state index < -0.39 is 0 Å². The minimum absolute atomic E-state index is 0.214. The first kappa shape index (κ1) is 15.5. The third-order valence-electron chi connectivity index (χ3n) is 4.70. The first-order valence-electron chi connectivity index (χ1n) is 8.50.